The lowest BCUT2D eigenvalue weighted by molar-refractivity contribution is -0.939. The molecule has 0 saturated carbocycles. The number of likely N-dealkylation sites (N-methyl/N-ethyl adjacent to an activating group) is 1. The number of hydrogen-bond donors (Lipinski definition) is 0. The highest BCUT2D eigenvalue weighted by Crippen LogP contribution is 2.27. The second-order valence-corrected chi connectivity index (χ2v) is 5.30. The van der Waals surface area contributed by atoms with Crippen molar-refractivity contribution < 1.29 is 4.48 Å². The molecule has 0 spiro atoms. The molecule has 0 amide bonds. The Hall–Kier alpha value is -0.0800. The monoisotopic (exact) mass is 213 g/mol. The predicted molar refractivity (Wildman–Crippen MR) is 66.7 cm³/mol. The van der Waals surface area contributed by atoms with Crippen molar-refractivity contribution in [1.82, 2.24) is 4.90 Å². The summed E-state index contributed by atoms with van der Waals surface area (Å²) in [5, 5.41) is 0. The fourth-order valence-corrected chi connectivity index (χ4v) is 2.99. The SMILES string of the molecule is CCCC1CN(C(C)C)C[N+]1(CC)CC. The Morgan fingerprint density at radius 2 is 1.80 bits per heavy atom. The van der Waals surface area contributed by atoms with E-state index in [2.05, 4.69) is 39.5 Å². The first-order valence-corrected chi connectivity index (χ1v) is 6.69. The average molecular weight is 213 g/mol. The molecule has 0 aromatic heterocycles. The van der Waals surface area contributed by atoms with E-state index in [-0.39, 0.29) is 0 Å². The highest BCUT2D eigenvalue weighted by Gasteiger charge is 2.43. The molecule has 0 bridgehead atoms. The summed E-state index contributed by atoms with van der Waals surface area (Å²) in [5.41, 5.74) is 0. The fourth-order valence-electron chi connectivity index (χ4n) is 2.99. The topological polar surface area (TPSA) is 3.24 Å². The number of hydrogen-bond acceptors (Lipinski definition) is 1. The van der Waals surface area contributed by atoms with E-state index >= 15 is 0 Å². The van der Waals surface area contributed by atoms with Gasteiger partial charge in [0.15, 0.2) is 0 Å². The Balaban J connectivity index is 2.74. The molecular formula is C13H29N2+. The molecule has 1 fully saturated rings. The molecule has 0 aromatic rings. The van der Waals surface area contributed by atoms with Crippen LogP contribution in [0.5, 0.6) is 0 Å². The zero-order valence-electron chi connectivity index (χ0n) is 11.3. The summed E-state index contributed by atoms with van der Waals surface area (Å²) in [7, 11) is 0. The van der Waals surface area contributed by atoms with Crippen LogP contribution in [-0.2, 0) is 0 Å². The zero-order valence-corrected chi connectivity index (χ0v) is 11.3. The third-order valence-corrected chi connectivity index (χ3v) is 4.29. The summed E-state index contributed by atoms with van der Waals surface area (Å²) < 4.78 is 1.33. The van der Waals surface area contributed by atoms with Crippen molar-refractivity contribution in [2.75, 3.05) is 26.3 Å². The van der Waals surface area contributed by atoms with Gasteiger partial charge >= 0.3 is 0 Å². The molecule has 1 saturated heterocycles. The molecule has 2 heteroatoms. The van der Waals surface area contributed by atoms with E-state index in [1.54, 1.807) is 0 Å². The van der Waals surface area contributed by atoms with Crippen molar-refractivity contribution in [3.05, 3.63) is 0 Å². The molecule has 0 radical (unpaired) electrons. The zero-order chi connectivity index (χ0) is 11.5. The van der Waals surface area contributed by atoms with Crippen molar-refractivity contribution in [2.45, 2.75) is 59.5 Å². The first-order valence-electron chi connectivity index (χ1n) is 6.69. The van der Waals surface area contributed by atoms with Crippen molar-refractivity contribution in [2.24, 2.45) is 0 Å². The summed E-state index contributed by atoms with van der Waals surface area (Å²) >= 11 is 0. The van der Waals surface area contributed by atoms with Gasteiger partial charge in [-0.1, -0.05) is 13.3 Å². The van der Waals surface area contributed by atoms with Crippen molar-refractivity contribution in [3.63, 3.8) is 0 Å². The van der Waals surface area contributed by atoms with Gasteiger partial charge < -0.3 is 4.48 Å². The fraction of sp³-hybridized carbons (Fsp3) is 1.00. The third-order valence-electron chi connectivity index (χ3n) is 4.29. The minimum atomic E-state index is 0.711. The van der Waals surface area contributed by atoms with Gasteiger partial charge in [-0.25, -0.2) is 4.90 Å². The third kappa shape index (κ3) is 2.54. The summed E-state index contributed by atoms with van der Waals surface area (Å²) in [6.07, 6.45) is 2.72. The quantitative estimate of drug-likeness (QED) is 0.635. The van der Waals surface area contributed by atoms with Gasteiger partial charge in [-0.2, -0.15) is 0 Å². The number of quaternary nitrogens is 1. The molecule has 90 valence electrons. The van der Waals surface area contributed by atoms with Crippen LogP contribution >= 0.6 is 0 Å². The Morgan fingerprint density at radius 3 is 2.20 bits per heavy atom. The largest absolute Gasteiger partial charge is 0.308 e. The lowest BCUT2D eigenvalue weighted by atomic mass is 10.1. The Labute approximate surface area is 95.8 Å². The van der Waals surface area contributed by atoms with Gasteiger partial charge in [-0.15, -0.1) is 0 Å². The summed E-state index contributed by atoms with van der Waals surface area (Å²) in [5.74, 6) is 0. The molecule has 1 unspecified atom stereocenters. The molecule has 2 nitrogen and oxygen atoms in total. The van der Waals surface area contributed by atoms with Gasteiger partial charge in [-0.3, -0.25) is 0 Å². The van der Waals surface area contributed by atoms with E-state index in [0.29, 0.717) is 6.04 Å². The summed E-state index contributed by atoms with van der Waals surface area (Å²) in [4.78, 5) is 2.66. The molecule has 1 heterocycles. The maximum atomic E-state index is 2.66. The van der Waals surface area contributed by atoms with Gasteiger partial charge in [0.25, 0.3) is 0 Å². The predicted octanol–water partition coefficient (Wildman–Crippen LogP) is 2.69. The van der Waals surface area contributed by atoms with E-state index in [0.717, 1.165) is 6.04 Å². The number of nitrogens with zero attached hydrogens (tertiary/aromatic N) is 2. The van der Waals surface area contributed by atoms with Gasteiger partial charge in [0.2, 0.25) is 0 Å². The van der Waals surface area contributed by atoms with Crippen LogP contribution in [0.4, 0.5) is 0 Å². The maximum absolute atomic E-state index is 2.66. The van der Waals surface area contributed by atoms with Crippen molar-refractivity contribution >= 4 is 0 Å². The molecule has 0 aliphatic carbocycles. The summed E-state index contributed by atoms with van der Waals surface area (Å²) in [6, 6.07) is 1.59. The van der Waals surface area contributed by atoms with Gasteiger partial charge in [0.05, 0.1) is 19.6 Å². The Bertz CT molecular complexity index is 185. The van der Waals surface area contributed by atoms with Crippen LogP contribution in [0, 0.1) is 0 Å². The first-order chi connectivity index (χ1) is 7.09. The Kier molecular flexibility index (Phi) is 4.60. The molecule has 0 aromatic carbocycles. The van der Waals surface area contributed by atoms with E-state index in [9.17, 15) is 0 Å². The Morgan fingerprint density at radius 1 is 1.20 bits per heavy atom. The number of rotatable bonds is 5. The standard InChI is InChI=1S/C13H29N2/c1-6-9-13-10-14(12(4)5)11-15(13,7-2)8-3/h12-13H,6-11H2,1-5H3/q+1. The average Bonchev–Trinajstić information content (AvgIpc) is 2.58. The lowest BCUT2D eigenvalue weighted by Gasteiger charge is -2.38. The van der Waals surface area contributed by atoms with E-state index in [1.165, 1.54) is 43.6 Å². The van der Waals surface area contributed by atoms with Gasteiger partial charge in [0, 0.05) is 12.5 Å². The lowest BCUT2D eigenvalue weighted by Crippen LogP contribution is -2.52. The van der Waals surface area contributed by atoms with Crippen molar-refractivity contribution in [1.29, 1.82) is 0 Å². The molecule has 1 aliphatic rings. The summed E-state index contributed by atoms with van der Waals surface area (Å²) in [6.45, 7) is 16.9. The van der Waals surface area contributed by atoms with Crippen LogP contribution in [-0.4, -0.2) is 47.8 Å². The second kappa shape index (κ2) is 5.31. The van der Waals surface area contributed by atoms with Crippen molar-refractivity contribution in [3.8, 4) is 0 Å². The smallest absolute Gasteiger partial charge is 0.135 e. The van der Waals surface area contributed by atoms with E-state index < -0.39 is 0 Å². The normalized spacial score (nSPS) is 26.4. The maximum Gasteiger partial charge on any atom is 0.135 e. The molecule has 0 N–H and O–H groups in total. The van der Waals surface area contributed by atoms with Crippen LogP contribution in [0.25, 0.3) is 0 Å². The molecule has 15 heavy (non-hydrogen) atoms. The van der Waals surface area contributed by atoms with E-state index in [4.69, 9.17) is 0 Å². The van der Waals surface area contributed by atoms with Gasteiger partial charge in [-0.05, 0) is 27.7 Å². The van der Waals surface area contributed by atoms with Gasteiger partial charge in [0.1, 0.15) is 12.7 Å². The molecule has 1 atom stereocenters. The van der Waals surface area contributed by atoms with E-state index in [1.807, 2.05) is 0 Å². The minimum Gasteiger partial charge on any atom is -0.308 e. The second-order valence-electron chi connectivity index (χ2n) is 5.30. The van der Waals surface area contributed by atoms with Crippen LogP contribution in [0.2, 0.25) is 0 Å². The molecule has 1 rings (SSSR count). The molecule has 1 aliphatic heterocycles. The van der Waals surface area contributed by atoms with Crippen LogP contribution < -0.4 is 0 Å². The van der Waals surface area contributed by atoms with Crippen LogP contribution in [0.1, 0.15) is 47.5 Å². The molecular weight excluding hydrogens is 184 g/mol. The first kappa shape index (κ1) is 13.0. The van der Waals surface area contributed by atoms with Crippen LogP contribution in [0.3, 0.4) is 0 Å². The minimum absolute atomic E-state index is 0.711. The highest BCUT2D eigenvalue weighted by molar-refractivity contribution is 4.75. The highest BCUT2D eigenvalue weighted by atomic mass is 15.5. The van der Waals surface area contributed by atoms with Crippen LogP contribution in [0.15, 0.2) is 0 Å².